The largest absolute Gasteiger partial charge is 0.481 e. The van der Waals surface area contributed by atoms with Crippen molar-refractivity contribution in [3.8, 4) is 5.88 Å². The summed E-state index contributed by atoms with van der Waals surface area (Å²) < 4.78 is 5.26. The molecule has 1 atom stereocenters. The van der Waals surface area contributed by atoms with Gasteiger partial charge in [-0.1, -0.05) is 6.07 Å². The number of rotatable bonds is 6. The van der Waals surface area contributed by atoms with Crippen molar-refractivity contribution < 1.29 is 4.74 Å². The van der Waals surface area contributed by atoms with Gasteiger partial charge in [-0.15, -0.1) is 35.3 Å². The number of nitrogens with one attached hydrogen (secondary N) is 2. The summed E-state index contributed by atoms with van der Waals surface area (Å²) >= 11 is 1.84. The molecule has 2 aromatic rings. The predicted octanol–water partition coefficient (Wildman–Crippen LogP) is 3.37. The number of thiophene rings is 1. The van der Waals surface area contributed by atoms with E-state index in [0.717, 1.165) is 17.9 Å². The molecule has 0 aromatic carbocycles. The average molecular weight is 460 g/mol. The van der Waals surface area contributed by atoms with E-state index in [1.54, 1.807) is 20.4 Å². The number of hydrogen-bond donors (Lipinski definition) is 2. The Morgan fingerprint density at radius 3 is 2.79 bits per heavy atom. The molecule has 1 unspecified atom stereocenters. The maximum atomic E-state index is 5.26. The molecule has 0 saturated carbocycles. The van der Waals surface area contributed by atoms with Gasteiger partial charge in [0.15, 0.2) is 5.96 Å². The van der Waals surface area contributed by atoms with Gasteiger partial charge >= 0.3 is 0 Å². The Morgan fingerprint density at radius 2 is 2.17 bits per heavy atom. The Balaban J connectivity index is 0.00000288. The molecule has 0 aliphatic carbocycles. The Hall–Kier alpha value is -1.35. The summed E-state index contributed by atoms with van der Waals surface area (Å²) in [6, 6.07) is 8.54. The molecule has 0 radical (unpaired) electrons. The second-order valence-corrected chi connectivity index (χ2v) is 6.73. The van der Waals surface area contributed by atoms with Gasteiger partial charge in [0, 0.05) is 47.6 Å². The minimum absolute atomic E-state index is 0. The third-order valence-corrected chi connectivity index (χ3v) is 4.42. The van der Waals surface area contributed by atoms with E-state index in [4.69, 9.17) is 4.74 Å². The molecule has 0 aliphatic heterocycles. The number of halogens is 1. The lowest BCUT2D eigenvalue weighted by Gasteiger charge is -2.18. The van der Waals surface area contributed by atoms with Crippen LogP contribution in [0.15, 0.2) is 35.5 Å². The highest BCUT2D eigenvalue weighted by Crippen LogP contribution is 2.16. The highest BCUT2D eigenvalue weighted by atomic mass is 127. The fourth-order valence-corrected chi connectivity index (χ4v) is 3.32. The summed E-state index contributed by atoms with van der Waals surface area (Å²) in [6.07, 6.45) is 2.70. The van der Waals surface area contributed by atoms with Crippen LogP contribution in [0.4, 0.5) is 0 Å². The number of guanidine groups is 1. The molecule has 5 nitrogen and oxygen atoms in total. The van der Waals surface area contributed by atoms with Crippen LogP contribution >= 0.6 is 35.3 Å². The van der Waals surface area contributed by atoms with Gasteiger partial charge in [-0.3, -0.25) is 4.99 Å². The van der Waals surface area contributed by atoms with Crippen LogP contribution in [-0.4, -0.2) is 31.1 Å². The maximum Gasteiger partial charge on any atom is 0.218 e. The first kappa shape index (κ1) is 20.7. The lowest BCUT2D eigenvalue weighted by Crippen LogP contribution is -2.42. The molecular formula is C17H25IN4OS. The molecule has 0 amide bonds. The van der Waals surface area contributed by atoms with E-state index in [-0.39, 0.29) is 24.0 Å². The number of methoxy groups -OCH3 is 1. The molecule has 132 valence electrons. The standard InChI is InChI=1S/C17H24N4OS.HI/c1-12(10-15-8-7-13(2)23-15)21-17(18-3)20-11-14-6-5-9-19-16(14)22-4;/h5-9,12H,10-11H2,1-4H3,(H2,18,20,21);1H. The van der Waals surface area contributed by atoms with Crippen molar-refractivity contribution >= 4 is 41.3 Å². The summed E-state index contributed by atoms with van der Waals surface area (Å²) in [7, 11) is 3.40. The fourth-order valence-electron chi connectivity index (χ4n) is 2.30. The van der Waals surface area contributed by atoms with Crippen LogP contribution in [0, 0.1) is 6.92 Å². The highest BCUT2D eigenvalue weighted by molar-refractivity contribution is 14.0. The number of ether oxygens (including phenoxy) is 1. The monoisotopic (exact) mass is 460 g/mol. The van der Waals surface area contributed by atoms with E-state index in [0.29, 0.717) is 18.5 Å². The van der Waals surface area contributed by atoms with E-state index < -0.39 is 0 Å². The number of aliphatic imine (C=N–C) groups is 1. The van der Waals surface area contributed by atoms with Crippen molar-refractivity contribution in [2.45, 2.75) is 32.9 Å². The van der Waals surface area contributed by atoms with Gasteiger partial charge in [0.05, 0.1) is 7.11 Å². The Labute approximate surface area is 165 Å². The van der Waals surface area contributed by atoms with Crippen LogP contribution in [0.25, 0.3) is 0 Å². The molecule has 0 aliphatic rings. The fraction of sp³-hybridized carbons (Fsp3) is 0.412. The van der Waals surface area contributed by atoms with Crippen LogP contribution in [-0.2, 0) is 13.0 Å². The van der Waals surface area contributed by atoms with Crippen molar-refractivity contribution in [2.75, 3.05) is 14.2 Å². The summed E-state index contributed by atoms with van der Waals surface area (Å²) in [5, 5.41) is 6.72. The normalized spacial score (nSPS) is 12.2. The molecule has 0 spiro atoms. The number of aryl methyl sites for hydroxylation is 1. The zero-order valence-corrected chi connectivity index (χ0v) is 17.6. The van der Waals surface area contributed by atoms with Crippen molar-refractivity contribution in [3.63, 3.8) is 0 Å². The molecule has 2 rings (SSSR count). The SMILES string of the molecule is CN=C(NCc1cccnc1OC)NC(C)Cc1ccc(C)s1.I. The minimum Gasteiger partial charge on any atom is -0.481 e. The molecular weight excluding hydrogens is 435 g/mol. The Bertz CT molecular complexity index is 660. The van der Waals surface area contributed by atoms with Crippen LogP contribution in [0.3, 0.4) is 0 Å². The zero-order valence-electron chi connectivity index (χ0n) is 14.5. The van der Waals surface area contributed by atoms with Crippen LogP contribution in [0.5, 0.6) is 5.88 Å². The van der Waals surface area contributed by atoms with Gasteiger partial charge in [-0.25, -0.2) is 4.98 Å². The number of aromatic nitrogens is 1. The van der Waals surface area contributed by atoms with Crippen LogP contribution in [0.1, 0.15) is 22.2 Å². The molecule has 2 aromatic heterocycles. The molecule has 24 heavy (non-hydrogen) atoms. The second kappa shape index (κ2) is 10.5. The van der Waals surface area contributed by atoms with Crippen LogP contribution < -0.4 is 15.4 Å². The number of hydrogen-bond acceptors (Lipinski definition) is 4. The van der Waals surface area contributed by atoms with Gasteiger partial charge in [0.1, 0.15) is 0 Å². The summed E-state index contributed by atoms with van der Waals surface area (Å²) in [5.74, 6) is 1.41. The number of nitrogens with zero attached hydrogens (tertiary/aromatic N) is 2. The molecule has 2 N–H and O–H groups in total. The van der Waals surface area contributed by atoms with Gasteiger partial charge in [-0.2, -0.15) is 0 Å². The average Bonchev–Trinajstić information content (AvgIpc) is 2.96. The third-order valence-electron chi connectivity index (χ3n) is 3.40. The van der Waals surface area contributed by atoms with Crippen LogP contribution in [0.2, 0.25) is 0 Å². The topological polar surface area (TPSA) is 58.5 Å². The highest BCUT2D eigenvalue weighted by Gasteiger charge is 2.09. The maximum absolute atomic E-state index is 5.26. The Morgan fingerprint density at radius 1 is 1.38 bits per heavy atom. The third kappa shape index (κ3) is 6.27. The molecule has 0 fully saturated rings. The zero-order chi connectivity index (χ0) is 16.7. The smallest absolute Gasteiger partial charge is 0.218 e. The van der Waals surface area contributed by atoms with Crippen molar-refractivity contribution in [1.82, 2.24) is 15.6 Å². The van der Waals surface area contributed by atoms with Crippen molar-refractivity contribution in [2.24, 2.45) is 4.99 Å². The first-order chi connectivity index (χ1) is 11.1. The first-order valence-corrected chi connectivity index (χ1v) is 8.44. The van der Waals surface area contributed by atoms with E-state index in [9.17, 15) is 0 Å². The van der Waals surface area contributed by atoms with E-state index in [2.05, 4.69) is 46.6 Å². The van der Waals surface area contributed by atoms with Crippen molar-refractivity contribution in [1.29, 1.82) is 0 Å². The quantitative estimate of drug-likeness (QED) is 0.394. The lowest BCUT2D eigenvalue weighted by molar-refractivity contribution is 0.392. The van der Waals surface area contributed by atoms with Gasteiger partial charge in [-0.05, 0) is 32.0 Å². The van der Waals surface area contributed by atoms with E-state index >= 15 is 0 Å². The van der Waals surface area contributed by atoms with Gasteiger partial charge < -0.3 is 15.4 Å². The Kier molecular flexibility index (Phi) is 9.05. The summed E-state index contributed by atoms with van der Waals surface area (Å²) in [4.78, 5) is 11.2. The first-order valence-electron chi connectivity index (χ1n) is 7.62. The molecule has 7 heteroatoms. The lowest BCUT2D eigenvalue weighted by atomic mass is 10.2. The molecule has 0 saturated heterocycles. The van der Waals surface area contributed by atoms with E-state index in [1.807, 2.05) is 23.5 Å². The summed E-state index contributed by atoms with van der Waals surface area (Å²) in [5.41, 5.74) is 1.000. The van der Waals surface area contributed by atoms with Gasteiger partial charge in [0.2, 0.25) is 5.88 Å². The molecule has 2 heterocycles. The minimum atomic E-state index is 0. The van der Waals surface area contributed by atoms with Crippen molar-refractivity contribution in [3.05, 3.63) is 45.8 Å². The number of pyridine rings is 1. The second-order valence-electron chi connectivity index (χ2n) is 5.36. The van der Waals surface area contributed by atoms with E-state index in [1.165, 1.54) is 9.75 Å². The predicted molar refractivity (Wildman–Crippen MR) is 112 cm³/mol. The molecule has 0 bridgehead atoms. The summed E-state index contributed by atoms with van der Waals surface area (Å²) in [6.45, 7) is 4.90. The van der Waals surface area contributed by atoms with Gasteiger partial charge in [0.25, 0.3) is 0 Å².